The maximum atomic E-state index is 13.3. The van der Waals surface area contributed by atoms with Crippen molar-refractivity contribution in [2.75, 3.05) is 13.2 Å². The molecule has 5 rings (SSSR count). The second-order valence-corrected chi connectivity index (χ2v) is 11.7. The molecule has 2 aliphatic carbocycles. The summed E-state index contributed by atoms with van der Waals surface area (Å²) in [7, 11) is -3.47. The summed E-state index contributed by atoms with van der Waals surface area (Å²) in [5.74, 6) is -2.08. The normalized spacial score (nSPS) is 21.3. The zero-order valence-electron chi connectivity index (χ0n) is 22.1. The van der Waals surface area contributed by atoms with Gasteiger partial charge < -0.3 is 14.8 Å². The van der Waals surface area contributed by atoms with Gasteiger partial charge in [-0.1, -0.05) is 36.4 Å². The number of carbonyl (C=O) groups is 2. The van der Waals surface area contributed by atoms with Gasteiger partial charge in [-0.2, -0.15) is 0 Å². The average Bonchev–Trinajstić information content (AvgIpc) is 3.26. The van der Waals surface area contributed by atoms with Gasteiger partial charge in [0.05, 0.1) is 41.1 Å². The number of ether oxygens (including phenoxy) is 2. The zero-order valence-corrected chi connectivity index (χ0v) is 23.8. The van der Waals surface area contributed by atoms with Gasteiger partial charge in [-0.3, -0.25) is 4.79 Å². The van der Waals surface area contributed by atoms with Crippen LogP contribution in [0.2, 0.25) is 0 Å². The molecule has 0 radical (unpaired) electrons. The highest BCUT2D eigenvalue weighted by molar-refractivity contribution is 7.89. The van der Waals surface area contributed by atoms with Crippen molar-refractivity contribution < 1.29 is 27.5 Å². The summed E-state index contributed by atoms with van der Waals surface area (Å²) in [5, 5.41) is 10.9. The molecule has 11 heteroatoms. The molecule has 39 heavy (non-hydrogen) atoms. The van der Waals surface area contributed by atoms with E-state index in [9.17, 15) is 18.0 Å². The van der Waals surface area contributed by atoms with E-state index >= 15 is 0 Å². The number of sulfonamides is 1. The molecule has 2 aromatic rings. The Labute approximate surface area is 232 Å². The lowest BCUT2D eigenvalue weighted by atomic mass is 9.67. The van der Waals surface area contributed by atoms with Crippen molar-refractivity contribution in [1.29, 1.82) is 0 Å². The molecule has 2 heterocycles. The van der Waals surface area contributed by atoms with Crippen LogP contribution in [0.4, 0.5) is 0 Å². The molecular formula is C28H31N3O6S2. The van der Waals surface area contributed by atoms with Crippen LogP contribution in [0.15, 0.2) is 76.3 Å². The number of nitrogens with one attached hydrogen (secondary N) is 1. The van der Waals surface area contributed by atoms with E-state index in [1.54, 1.807) is 32.2 Å². The monoisotopic (exact) mass is 569 g/mol. The van der Waals surface area contributed by atoms with E-state index in [0.29, 0.717) is 16.3 Å². The molecule has 3 unspecified atom stereocenters. The number of fused-ring (bicyclic) bond motifs is 1. The molecule has 0 amide bonds. The van der Waals surface area contributed by atoms with Gasteiger partial charge in [0.15, 0.2) is 0 Å². The number of thiazole rings is 1. The van der Waals surface area contributed by atoms with Crippen molar-refractivity contribution >= 4 is 33.3 Å². The number of primary sulfonamides is 1. The first-order valence-corrected chi connectivity index (χ1v) is 14.9. The fraction of sp³-hybridized carbons (Fsp3) is 0.321. The first-order chi connectivity index (χ1) is 18.5. The van der Waals surface area contributed by atoms with Crippen LogP contribution >= 0.6 is 11.3 Å². The van der Waals surface area contributed by atoms with E-state index in [0.717, 1.165) is 16.7 Å². The van der Waals surface area contributed by atoms with Crippen LogP contribution in [0, 0.1) is 5.92 Å². The highest BCUT2D eigenvalue weighted by atomic mass is 32.2. The lowest BCUT2D eigenvalue weighted by Gasteiger charge is -2.46. The molecule has 206 valence electrons. The van der Waals surface area contributed by atoms with Crippen LogP contribution < -0.4 is 10.5 Å². The maximum absolute atomic E-state index is 13.3. The Balaban J connectivity index is 0.000000292. The van der Waals surface area contributed by atoms with Crippen LogP contribution in [-0.4, -0.2) is 38.6 Å². The summed E-state index contributed by atoms with van der Waals surface area (Å²) in [6, 6.07) is 14.8. The predicted molar refractivity (Wildman–Crippen MR) is 148 cm³/mol. The number of nitrogens with two attached hydrogens (primary N) is 1. The fourth-order valence-corrected chi connectivity index (χ4v) is 6.55. The Kier molecular flexibility index (Phi) is 8.24. The van der Waals surface area contributed by atoms with Gasteiger partial charge in [0.1, 0.15) is 5.01 Å². The topological polar surface area (TPSA) is 138 Å². The summed E-state index contributed by atoms with van der Waals surface area (Å²) in [4.78, 5) is 30.9. The number of hydrogen-bond acceptors (Lipinski definition) is 9. The number of nitrogens with zero attached hydrogens (tertiary/aromatic N) is 1. The minimum Gasteiger partial charge on any atom is -0.466 e. The molecule has 0 fully saturated rings. The largest absolute Gasteiger partial charge is 0.466 e. The van der Waals surface area contributed by atoms with E-state index in [2.05, 4.69) is 10.3 Å². The number of hydrogen-bond donors (Lipinski definition) is 2. The molecule has 3 atom stereocenters. The third-order valence-corrected chi connectivity index (χ3v) is 8.59. The number of aromatic nitrogens is 1. The highest BCUT2D eigenvalue weighted by Crippen LogP contribution is 2.49. The summed E-state index contributed by atoms with van der Waals surface area (Å²) in [6.45, 7) is 7.85. The van der Waals surface area contributed by atoms with Crippen molar-refractivity contribution in [2.45, 2.75) is 44.0 Å². The van der Waals surface area contributed by atoms with Crippen LogP contribution in [0.1, 0.15) is 44.2 Å². The summed E-state index contributed by atoms with van der Waals surface area (Å²) < 4.78 is 32.2. The summed E-state index contributed by atoms with van der Waals surface area (Å²) in [5.41, 5.74) is 3.02. The molecule has 3 aliphatic rings. The predicted octanol–water partition coefficient (Wildman–Crippen LogP) is 4.08. The second kappa shape index (κ2) is 11.3. The van der Waals surface area contributed by atoms with Gasteiger partial charge in [0.25, 0.3) is 0 Å². The van der Waals surface area contributed by atoms with Gasteiger partial charge in [0.2, 0.25) is 10.0 Å². The number of benzene rings is 2. The van der Waals surface area contributed by atoms with Gasteiger partial charge >= 0.3 is 11.9 Å². The molecule has 0 bridgehead atoms. The molecular weight excluding hydrogens is 538 g/mol. The van der Waals surface area contributed by atoms with Crippen LogP contribution in [0.25, 0.3) is 11.1 Å². The smallest absolute Gasteiger partial charge is 0.336 e. The SMILES string of the molecule is CCOC(=O)C1=C(C)NC(C)(c2ccccc2)C(C(=O)OCC)C1c1nccs1.NS(=O)(=O)c1ccc2cc1-2. The Morgan fingerprint density at radius 3 is 2.28 bits per heavy atom. The third kappa shape index (κ3) is 5.75. The van der Waals surface area contributed by atoms with Gasteiger partial charge in [0, 0.05) is 22.8 Å². The van der Waals surface area contributed by atoms with Crippen LogP contribution in [0.5, 0.6) is 0 Å². The number of allylic oxidation sites excluding steroid dienone is 1. The van der Waals surface area contributed by atoms with E-state index in [-0.39, 0.29) is 24.1 Å². The minimum absolute atomic E-state index is 0.250. The van der Waals surface area contributed by atoms with Crippen LogP contribution in [-0.2, 0) is 34.6 Å². The first-order valence-electron chi connectivity index (χ1n) is 12.5. The maximum Gasteiger partial charge on any atom is 0.336 e. The van der Waals surface area contributed by atoms with E-state index < -0.39 is 33.4 Å². The lowest BCUT2D eigenvalue weighted by Crippen LogP contribution is -2.55. The molecule has 0 saturated heterocycles. The molecule has 3 N–H and O–H groups in total. The first kappa shape index (κ1) is 28.5. The zero-order chi connectivity index (χ0) is 28.4. The minimum atomic E-state index is -3.47. The third-order valence-electron chi connectivity index (χ3n) is 6.76. The molecule has 0 spiro atoms. The Morgan fingerprint density at radius 2 is 1.79 bits per heavy atom. The van der Waals surface area contributed by atoms with Crippen molar-refractivity contribution in [3.8, 4) is 11.1 Å². The fourth-order valence-electron chi connectivity index (χ4n) is 5.02. The Hall–Kier alpha value is -3.54. The lowest BCUT2D eigenvalue weighted by molar-refractivity contribution is -0.152. The molecule has 1 aliphatic heterocycles. The summed E-state index contributed by atoms with van der Waals surface area (Å²) in [6.07, 6.45) is 1.68. The number of esters is 2. The molecule has 9 nitrogen and oxygen atoms in total. The van der Waals surface area contributed by atoms with E-state index in [1.165, 1.54) is 17.4 Å². The van der Waals surface area contributed by atoms with Gasteiger partial charge in [-0.05, 0) is 51.0 Å². The van der Waals surface area contributed by atoms with Crippen molar-refractivity contribution in [1.82, 2.24) is 10.3 Å². The van der Waals surface area contributed by atoms with Crippen molar-refractivity contribution in [3.05, 3.63) is 81.9 Å². The van der Waals surface area contributed by atoms with Gasteiger partial charge in [-0.25, -0.2) is 23.3 Å². The van der Waals surface area contributed by atoms with Crippen LogP contribution in [0.3, 0.4) is 0 Å². The number of carbonyl (C=O) groups excluding carboxylic acids is 2. The molecule has 1 aromatic heterocycles. The van der Waals surface area contributed by atoms with Crippen molar-refractivity contribution in [3.63, 3.8) is 0 Å². The quantitative estimate of drug-likeness (QED) is 0.318. The van der Waals surface area contributed by atoms with E-state index in [1.807, 2.05) is 49.6 Å². The summed E-state index contributed by atoms with van der Waals surface area (Å²) >= 11 is 1.42. The average molecular weight is 570 g/mol. The van der Waals surface area contributed by atoms with Crippen molar-refractivity contribution in [2.24, 2.45) is 11.1 Å². The molecule has 1 aromatic carbocycles. The Morgan fingerprint density at radius 1 is 1.10 bits per heavy atom. The Bertz CT molecular complexity index is 1500. The van der Waals surface area contributed by atoms with Gasteiger partial charge in [-0.15, -0.1) is 11.3 Å². The van der Waals surface area contributed by atoms with E-state index in [4.69, 9.17) is 14.6 Å². The number of rotatable bonds is 7. The molecule has 0 saturated carbocycles. The standard InChI is InChI=1S/C22H26N2O4S.C6H5NO2S/c1-5-27-20(25)16-14(3)24-22(4,15-10-8-7-9-11-15)18(21(26)28-6-2)17(16)19-23-12-13-29-19;7-10(8,9)6-2-1-4-3-5(4)6/h7-13,17-18,24H,5-6H2,1-4H3;1-3H,(H2,7,8,9). The second-order valence-electron chi connectivity index (χ2n) is 9.29. The highest BCUT2D eigenvalue weighted by Gasteiger charge is 2.54.